The maximum Gasteiger partial charge on any atom is 0.262 e. The predicted octanol–water partition coefficient (Wildman–Crippen LogP) is 4.34. The van der Waals surface area contributed by atoms with Crippen molar-refractivity contribution in [1.82, 2.24) is 9.91 Å². The topological polar surface area (TPSA) is 53.0 Å². The molecule has 1 atom stereocenters. The molecular formula is C23H20FN3O2S. The number of likely N-dealkylation sites (N-methyl/N-ethyl adjacent to an activating group) is 1. The highest BCUT2D eigenvalue weighted by Gasteiger charge is 2.34. The van der Waals surface area contributed by atoms with E-state index >= 15 is 0 Å². The lowest BCUT2D eigenvalue weighted by molar-refractivity contribution is -0.133. The van der Waals surface area contributed by atoms with Gasteiger partial charge in [0.25, 0.3) is 11.8 Å². The second kappa shape index (κ2) is 8.59. The molecule has 0 spiro atoms. The van der Waals surface area contributed by atoms with Crippen LogP contribution in [0.15, 0.2) is 77.2 Å². The van der Waals surface area contributed by atoms with E-state index in [1.807, 2.05) is 47.8 Å². The fourth-order valence-electron chi connectivity index (χ4n) is 3.46. The Kier molecular flexibility index (Phi) is 5.72. The molecule has 0 bridgehead atoms. The molecule has 152 valence electrons. The number of thiophene rings is 1. The molecule has 3 aromatic rings. The number of hydrogen-bond acceptors (Lipinski definition) is 4. The van der Waals surface area contributed by atoms with Crippen molar-refractivity contribution in [3.8, 4) is 0 Å². The van der Waals surface area contributed by atoms with Crippen molar-refractivity contribution >= 4 is 28.9 Å². The second-order valence-corrected chi connectivity index (χ2v) is 8.01. The minimum absolute atomic E-state index is 0.153. The Balaban J connectivity index is 1.55. The highest BCUT2D eigenvalue weighted by atomic mass is 32.1. The number of carbonyl (C=O) groups excluding carboxylic acids is 2. The Labute approximate surface area is 178 Å². The Hall–Kier alpha value is -3.32. The van der Waals surface area contributed by atoms with Crippen LogP contribution in [0.1, 0.15) is 33.3 Å². The molecule has 2 heterocycles. The van der Waals surface area contributed by atoms with Gasteiger partial charge in [0.1, 0.15) is 12.4 Å². The van der Waals surface area contributed by atoms with Crippen LogP contribution in [0.3, 0.4) is 0 Å². The molecule has 0 fully saturated rings. The van der Waals surface area contributed by atoms with Crippen molar-refractivity contribution in [3.05, 3.63) is 93.9 Å². The van der Waals surface area contributed by atoms with E-state index in [-0.39, 0.29) is 24.1 Å². The molecule has 0 unspecified atom stereocenters. The molecule has 0 aliphatic carbocycles. The van der Waals surface area contributed by atoms with Crippen LogP contribution in [0.5, 0.6) is 0 Å². The summed E-state index contributed by atoms with van der Waals surface area (Å²) in [6.07, 6.45) is 0.609. The van der Waals surface area contributed by atoms with E-state index in [1.165, 1.54) is 41.2 Å². The van der Waals surface area contributed by atoms with Crippen molar-refractivity contribution in [3.63, 3.8) is 0 Å². The largest absolute Gasteiger partial charge is 0.332 e. The SMILES string of the molecule is CN(CC(=O)N1N=C(c2cccs2)C[C@@H]1c1ccccc1)C(=O)c1cccc(F)c1. The van der Waals surface area contributed by atoms with Crippen molar-refractivity contribution in [2.24, 2.45) is 5.10 Å². The fourth-order valence-corrected chi connectivity index (χ4v) is 4.18. The standard InChI is InChI=1S/C23H20FN3O2S/c1-26(23(29)17-9-5-10-18(24)13-17)15-22(28)27-20(16-7-3-2-4-8-16)14-19(25-27)21-11-6-12-30-21/h2-13,20H,14-15H2,1H3/t20-/m1/s1. The van der Waals surface area contributed by atoms with Crippen LogP contribution in [0.25, 0.3) is 0 Å². The summed E-state index contributed by atoms with van der Waals surface area (Å²) in [6, 6.07) is 18.9. The third kappa shape index (κ3) is 4.16. The van der Waals surface area contributed by atoms with E-state index in [1.54, 1.807) is 11.3 Å². The average Bonchev–Trinajstić information content (AvgIpc) is 3.43. The molecule has 0 radical (unpaired) electrons. The Morgan fingerprint density at radius 1 is 1.13 bits per heavy atom. The molecule has 1 aromatic heterocycles. The van der Waals surface area contributed by atoms with Gasteiger partial charge in [-0.15, -0.1) is 11.3 Å². The second-order valence-electron chi connectivity index (χ2n) is 7.06. The van der Waals surface area contributed by atoms with Gasteiger partial charge in [-0.2, -0.15) is 5.10 Å². The molecule has 1 aliphatic heterocycles. The van der Waals surface area contributed by atoms with Crippen LogP contribution in [0.4, 0.5) is 4.39 Å². The van der Waals surface area contributed by atoms with E-state index in [2.05, 4.69) is 5.10 Å². The highest BCUT2D eigenvalue weighted by Crippen LogP contribution is 2.33. The Morgan fingerprint density at radius 2 is 1.93 bits per heavy atom. The predicted molar refractivity (Wildman–Crippen MR) is 115 cm³/mol. The van der Waals surface area contributed by atoms with E-state index < -0.39 is 11.7 Å². The fraction of sp³-hybridized carbons (Fsp3) is 0.174. The zero-order valence-electron chi connectivity index (χ0n) is 16.4. The lowest BCUT2D eigenvalue weighted by Crippen LogP contribution is -2.39. The molecule has 4 rings (SSSR count). The first kappa shape index (κ1) is 20.0. The molecule has 1 aliphatic rings. The normalized spacial score (nSPS) is 15.7. The molecule has 0 saturated heterocycles. The number of amides is 2. The summed E-state index contributed by atoms with van der Waals surface area (Å²) in [4.78, 5) is 28.0. The third-order valence-corrected chi connectivity index (χ3v) is 5.87. The van der Waals surface area contributed by atoms with Crippen molar-refractivity contribution < 1.29 is 14.0 Å². The first-order valence-electron chi connectivity index (χ1n) is 9.52. The van der Waals surface area contributed by atoms with Crippen LogP contribution in [0.2, 0.25) is 0 Å². The summed E-state index contributed by atoms with van der Waals surface area (Å²) in [5.41, 5.74) is 2.04. The van der Waals surface area contributed by atoms with Gasteiger partial charge >= 0.3 is 0 Å². The highest BCUT2D eigenvalue weighted by molar-refractivity contribution is 7.12. The smallest absolute Gasteiger partial charge is 0.262 e. The Morgan fingerprint density at radius 3 is 2.63 bits per heavy atom. The van der Waals surface area contributed by atoms with Gasteiger partial charge in [0, 0.05) is 19.0 Å². The number of hydrazone groups is 1. The number of benzene rings is 2. The van der Waals surface area contributed by atoms with Gasteiger partial charge in [-0.1, -0.05) is 42.5 Å². The monoisotopic (exact) mass is 421 g/mol. The van der Waals surface area contributed by atoms with Crippen LogP contribution < -0.4 is 0 Å². The zero-order valence-corrected chi connectivity index (χ0v) is 17.2. The molecule has 0 N–H and O–H groups in total. The van der Waals surface area contributed by atoms with Gasteiger partial charge in [0.05, 0.1) is 16.6 Å². The maximum atomic E-state index is 13.5. The number of hydrogen-bond donors (Lipinski definition) is 0. The maximum absolute atomic E-state index is 13.5. The van der Waals surface area contributed by atoms with E-state index in [0.29, 0.717) is 6.42 Å². The van der Waals surface area contributed by atoms with Gasteiger partial charge in [-0.25, -0.2) is 9.40 Å². The first-order valence-corrected chi connectivity index (χ1v) is 10.4. The van der Waals surface area contributed by atoms with Crippen LogP contribution >= 0.6 is 11.3 Å². The zero-order chi connectivity index (χ0) is 21.1. The summed E-state index contributed by atoms with van der Waals surface area (Å²) < 4.78 is 13.5. The number of halogens is 1. The van der Waals surface area contributed by atoms with E-state index in [9.17, 15) is 14.0 Å². The van der Waals surface area contributed by atoms with Crippen LogP contribution in [0, 0.1) is 5.82 Å². The third-order valence-electron chi connectivity index (χ3n) is 4.95. The van der Waals surface area contributed by atoms with Crippen molar-refractivity contribution in [2.45, 2.75) is 12.5 Å². The number of carbonyl (C=O) groups is 2. The quantitative estimate of drug-likeness (QED) is 0.616. The summed E-state index contributed by atoms with van der Waals surface area (Å²) in [6.45, 7) is -0.153. The summed E-state index contributed by atoms with van der Waals surface area (Å²) in [7, 11) is 1.53. The molecule has 2 amide bonds. The molecular weight excluding hydrogens is 401 g/mol. The van der Waals surface area contributed by atoms with Gasteiger partial charge < -0.3 is 4.90 Å². The first-order chi connectivity index (χ1) is 14.5. The molecule has 5 nitrogen and oxygen atoms in total. The lowest BCUT2D eigenvalue weighted by atomic mass is 10.0. The van der Waals surface area contributed by atoms with E-state index in [0.717, 1.165) is 16.2 Å². The minimum atomic E-state index is -0.491. The van der Waals surface area contributed by atoms with Crippen molar-refractivity contribution in [1.29, 1.82) is 0 Å². The summed E-state index contributed by atoms with van der Waals surface area (Å²) in [5, 5.41) is 8.05. The van der Waals surface area contributed by atoms with Crippen LogP contribution in [-0.4, -0.2) is 41.0 Å². The number of rotatable bonds is 5. The molecule has 30 heavy (non-hydrogen) atoms. The van der Waals surface area contributed by atoms with Crippen LogP contribution in [-0.2, 0) is 4.79 Å². The molecule has 0 saturated carbocycles. The van der Waals surface area contributed by atoms with Gasteiger partial charge in [0.15, 0.2) is 0 Å². The molecule has 7 heteroatoms. The molecule has 2 aromatic carbocycles. The van der Waals surface area contributed by atoms with E-state index in [4.69, 9.17) is 0 Å². The van der Waals surface area contributed by atoms with Gasteiger partial charge in [-0.05, 0) is 35.2 Å². The average molecular weight is 421 g/mol. The Bertz CT molecular complexity index is 1080. The lowest BCUT2D eigenvalue weighted by Gasteiger charge is -2.25. The summed E-state index contributed by atoms with van der Waals surface area (Å²) >= 11 is 1.58. The summed E-state index contributed by atoms with van der Waals surface area (Å²) in [5.74, 6) is -1.20. The van der Waals surface area contributed by atoms with Gasteiger partial charge in [0.2, 0.25) is 0 Å². The minimum Gasteiger partial charge on any atom is -0.332 e. The number of nitrogens with zero attached hydrogens (tertiary/aromatic N) is 3. The van der Waals surface area contributed by atoms with Gasteiger partial charge in [-0.3, -0.25) is 9.59 Å². The van der Waals surface area contributed by atoms with Crippen molar-refractivity contribution in [2.75, 3.05) is 13.6 Å².